The van der Waals surface area contributed by atoms with Gasteiger partial charge in [-0.25, -0.2) is 0 Å². The van der Waals surface area contributed by atoms with Crippen molar-refractivity contribution in [2.75, 3.05) is 20.8 Å². The van der Waals surface area contributed by atoms with Crippen LogP contribution >= 0.6 is 8.15 Å². The van der Waals surface area contributed by atoms with Crippen molar-refractivity contribution in [3.63, 3.8) is 0 Å². The van der Waals surface area contributed by atoms with Gasteiger partial charge in [-0.1, -0.05) is 13.8 Å². The van der Waals surface area contributed by atoms with Crippen LogP contribution in [-0.4, -0.2) is 20.8 Å². The molecule has 0 aliphatic heterocycles. The molecule has 0 aliphatic rings. The predicted octanol–water partition coefficient (Wildman–Crippen LogP) is 3.72. The van der Waals surface area contributed by atoms with E-state index in [-0.39, 0.29) is 0 Å². The molecule has 0 fully saturated rings. The van der Waals surface area contributed by atoms with Crippen LogP contribution in [0.5, 0.6) is 11.5 Å². The minimum atomic E-state index is -0.829. The summed E-state index contributed by atoms with van der Waals surface area (Å²) >= 11 is 0. The van der Waals surface area contributed by atoms with Gasteiger partial charge in [-0.3, -0.25) is 0 Å². The van der Waals surface area contributed by atoms with E-state index < -0.39 is 8.15 Å². The monoisotopic (exact) mass is 318 g/mol. The van der Waals surface area contributed by atoms with Crippen LogP contribution in [0.3, 0.4) is 0 Å². The van der Waals surface area contributed by atoms with Crippen LogP contribution in [0.25, 0.3) is 0 Å². The van der Waals surface area contributed by atoms with Gasteiger partial charge in [0.25, 0.3) is 0 Å². The molecule has 0 unspecified atom stereocenters. The van der Waals surface area contributed by atoms with Crippen molar-refractivity contribution in [1.82, 2.24) is 0 Å². The van der Waals surface area contributed by atoms with E-state index in [9.17, 15) is 0 Å². The predicted molar refractivity (Wildman–Crippen MR) is 93.0 cm³/mol. The SMILES string of the molecule is COc1ccc(P(OCC(C)C)c2ccc(OC)cc2)cc1. The van der Waals surface area contributed by atoms with Gasteiger partial charge in [0.1, 0.15) is 11.5 Å². The van der Waals surface area contributed by atoms with Gasteiger partial charge in [0.15, 0.2) is 0 Å². The molecule has 22 heavy (non-hydrogen) atoms. The third-order valence-corrected chi connectivity index (χ3v) is 5.09. The lowest BCUT2D eigenvalue weighted by molar-refractivity contribution is 0.305. The molecule has 0 bridgehead atoms. The molecule has 0 saturated carbocycles. The quantitative estimate of drug-likeness (QED) is 0.728. The minimum absolute atomic E-state index is 0.501. The molecule has 118 valence electrons. The Kier molecular flexibility index (Phi) is 6.23. The number of rotatable bonds is 7. The summed E-state index contributed by atoms with van der Waals surface area (Å²) < 4.78 is 16.7. The molecule has 2 rings (SSSR count). The minimum Gasteiger partial charge on any atom is -0.497 e. The third-order valence-electron chi connectivity index (χ3n) is 3.15. The van der Waals surface area contributed by atoms with Gasteiger partial charge in [0.05, 0.1) is 29.0 Å². The normalized spacial score (nSPS) is 11.0. The van der Waals surface area contributed by atoms with Gasteiger partial charge in [0, 0.05) is 10.6 Å². The van der Waals surface area contributed by atoms with Crippen LogP contribution in [0, 0.1) is 5.92 Å². The van der Waals surface area contributed by atoms with E-state index in [0.29, 0.717) is 5.92 Å². The maximum atomic E-state index is 6.21. The van der Waals surface area contributed by atoms with Gasteiger partial charge in [-0.05, 0) is 54.4 Å². The van der Waals surface area contributed by atoms with Crippen LogP contribution in [0.2, 0.25) is 0 Å². The number of benzene rings is 2. The molecule has 0 spiro atoms. The zero-order valence-corrected chi connectivity index (χ0v) is 14.5. The largest absolute Gasteiger partial charge is 0.497 e. The molecule has 0 radical (unpaired) electrons. The van der Waals surface area contributed by atoms with Crippen LogP contribution in [0.15, 0.2) is 48.5 Å². The first-order chi connectivity index (χ1) is 10.6. The van der Waals surface area contributed by atoms with E-state index in [1.807, 2.05) is 24.3 Å². The molecule has 0 atom stereocenters. The maximum Gasteiger partial charge on any atom is 0.118 e. The topological polar surface area (TPSA) is 27.7 Å². The molecule has 2 aromatic rings. The summed E-state index contributed by atoms with van der Waals surface area (Å²) in [6.07, 6.45) is 0. The fraction of sp³-hybridized carbons (Fsp3) is 0.333. The number of ether oxygens (including phenoxy) is 2. The van der Waals surface area contributed by atoms with Crippen molar-refractivity contribution < 1.29 is 14.0 Å². The van der Waals surface area contributed by atoms with Gasteiger partial charge >= 0.3 is 0 Å². The first kappa shape index (κ1) is 16.8. The van der Waals surface area contributed by atoms with Crippen LogP contribution in [0.1, 0.15) is 13.8 Å². The van der Waals surface area contributed by atoms with Crippen molar-refractivity contribution in [1.29, 1.82) is 0 Å². The molecular weight excluding hydrogens is 295 g/mol. The first-order valence-corrected chi connectivity index (χ1v) is 8.61. The van der Waals surface area contributed by atoms with Crippen LogP contribution in [-0.2, 0) is 4.52 Å². The lowest BCUT2D eigenvalue weighted by atomic mass is 10.2. The van der Waals surface area contributed by atoms with Crippen molar-refractivity contribution in [3.05, 3.63) is 48.5 Å². The Hall–Kier alpha value is -1.57. The molecule has 0 saturated heterocycles. The summed E-state index contributed by atoms with van der Waals surface area (Å²) in [5.74, 6) is 2.22. The highest BCUT2D eigenvalue weighted by atomic mass is 31.1. The maximum absolute atomic E-state index is 6.21. The average Bonchev–Trinajstić information content (AvgIpc) is 2.56. The molecule has 0 amide bonds. The number of hydrogen-bond donors (Lipinski definition) is 0. The Morgan fingerprint density at radius 3 is 1.50 bits per heavy atom. The average molecular weight is 318 g/mol. The molecule has 0 aromatic heterocycles. The van der Waals surface area contributed by atoms with Crippen molar-refractivity contribution in [2.45, 2.75) is 13.8 Å². The van der Waals surface area contributed by atoms with Crippen molar-refractivity contribution >= 4 is 18.8 Å². The summed E-state index contributed by atoms with van der Waals surface area (Å²) in [5.41, 5.74) is 0. The second kappa shape index (κ2) is 8.17. The lowest BCUT2D eigenvalue weighted by Crippen LogP contribution is -2.15. The van der Waals surface area contributed by atoms with Gasteiger partial charge in [-0.2, -0.15) is 0 Å². The fourth-order valence-electron chi connectivity index (χ4n) is 1.96. The summed E-state index contributed by atoms with van der Waals surface area (Å²) in [7, 11) is 2.52. The van der Waals surface area contributed by atoms with E-state index in [1.54, 1.807) is 14.2 Å². The van der Waals surface area contributed by atoms with Gasteiger partial charge in [-0.15, -0.1) is 0 Å². The highest BCUT2D eigenvalue weighted by molar-refractivity contribution is 7.68. The van der Waals surface area contributed by atoms with E-state index in [4.69, 9.17) is 14.0 Å². The number of hydrogen-bond acceptors (Lipinski definition) is 3. The van der Waals surface area contributed by atoms with E-state index in [1.165, 1.54) is 10.6 Å². The summed E-state index contributed by atoms with van der Waals surface area (Å²) in [6.45, 7) is 5.06. The molecule has 2 aromatic carbocycles. The Morgan fingerprint density at radius 2 is 1.18 bits per heavy atom. The first-order valence-electron chi connectivity index (χ1n) is 7.35. The molecular formula is C18H23O3P. The molecule has 0 heterocycles. The Labute approximate surface area is 134 Å². The Morgan fingerprint density at radius 1 is 0.773 bits per heavy atom. The number of methoxy groups -OCH3 is 2. The molecule has 0 aliphatic carbocycles. The molecule has 3 nitrogen and oxygen atoms in total. The van der Waals surface area contributed by atoms with Gasteiger partial charge < -0.3 is 14.0 Å². The summed E-state index contributed by atoms with van der Waals surface area (Å²) in [6, 6.07) is 16.2. The Bertz CT molecular complexity index is 516. The second-order valence-electron chi connectivity index (χ2n) is 5.38. The fourth-order valence-corrected chi connectivity index (χ4v) is 3.84. The third kappa shape index (κ3) is 4.46. The van der Waals surface area contributed by atoms with Crippen LogP contribution < -0.4 is 20.1 Å². The molecule has 0 N–H and O–H groups in total. The second-order valence-corrected chi connectivity index (χ2v) is 7.26. The van der Waals surface area contributed by atoms with Gasteiger partial charge in [0.2, 0.25) is 0 Å². The van der Waals surface area contributed by atoms with E-state index >= 15 is 0 Å². The van der Waals surface area contributed by atoms with Crippen LogP contribution in [0.4, 0.5) is 0 Å². The standard InChI is InChI=1S/C18H23O3P/c1-14(2)13-21-22(17-9-5-15(19-3)6-10-17)18-11-7-16(20-4)8-12-18/h5-12,14H,13H2,1-4H3. The van der Waals surface area contributed by atoms with E-state index in [0.717, 1.165) is 18.1 Å². The zero-order chi connectivity index (χ0) is 15.9. The summed E-state index contributed by atoms with van der Waals surface area (Å²) in [4.78, 5) is 0. The summed E-state index contributed by atoms with van der Waals surface area (Å²) in [5, 5.41) is 2.36. The molecule has 4 heteroatoms. The highest BCUT2D eigenvalue weighted by Crippen LogP contribution is 2.36. The van der Waals surface area contributed by atoms with E-state index in [2.05, 4.69) is 38.1 Å². The highest BCUT2D eigenvalue weighted by Gasteiger charge is 2.16. The van der Waals surface area contributed by atoms with Crippen molar-refractivity contribution in [2.24, 2.45) is 5.92 Å². The Balaban J connectivity index is 2.27. The smallest absolute Gasteiger partial charge is 0.118 e. The van der Waals surface area contributed by atoms with Crippen molar-refractivity contribution in [3.8, 4) is 11.5 Å². The lowest BCUT2D eigenvalue weighted by Gasteiger charge is -2.20. The zero-order valence-electron chi connectivity index (χ0n) is 13.6.